The van der Waals surface area contributed by atoms with Crippen LogP contribution in [-0.2, 0) is 9.59 Å². The summed E-state index contributed by atoms with van der Waals surface area (Å²) in [7, 11) is 0. The number of rotatable bonds is 5. The summed E-state index contributed by atoms with van der Waals surface area (Å²) >= 11 is 0. The average Bonchev–Trinajstić information content (AvgIpc) is 2.12. The van der Waals surface area contributed by atoms with Crippen molar-refractivity contribution in [1.82, 2.24) is 0 Å². The van der Waals surface area contributed by atoms with E-state index >= 15 is 0 Å². The Morgan fingerprint density at radius 1 is 0.750 bits per heavy atom. The number of aliphatic carboxylic acids is 2. The number of aliphatic hydroxyl groups excluding tert-OH is 4. The van der Waals surface area contributed by atoms with Gasteiger partial charge in [-0.2, -0.15) is 0 Å². The maximum atomic E-state index is 10.1. The van der Waals surface area contributed by atoms with Crippen molar-refractivity contribution in [3.8, 4) is 0 Å². The van der Waals surface area contributed by atoms with E-state index in [1.807, 2.05) is 0 Å². The van der Waals surface area contributed by atoms with Crippen molar-refractivity contribution >= 4 is 11.9 Å². The minimum Gasteiger partial charge on any atom is -1.00 e. The van der Waals surface area contributed by atoms with Crippen LogP contribution in [0.5, 0.6) is 0 Å². The number of hydrogen-bond acceptors (Lipinski definition) is 6. The zero-order chi connectivity index (χ0) is 11.5. The molecule has 16 heavy (non-hydrogen) atoms. The van der Waals surface area contributed by atoms with Crippen LogP contribution in [0.4, 0.5) is 0 Å². The topological polar surface area (TPSA) is 156 Å². The second-order valence-electron chi connectivity index (χ2n) is 2.55. The van der Waals surface area contributed by atoms with Gasteiger partial charge in [0.05, 0.1) is 0 Å². The van der Waals surface area contributed by atoms with Crippen LogP contribution in [0.25, 0.3) is 0 Å². The molecule has 0 aliphatic heterocycles. The summed E-state index contributed by atoms with van der Waals surface area (Å²) in [4.78, 5) is 20.2. The van der Waals surface area contributed by atoms with Crippen molar-refractivity contribution in [2.75, 3.05) is 0 Å². The Morgan fingerprint density at radius 3 is 1.06 bits per heavy atom. The summed E-state index contributed by atoms with van der Waals surface area (Å²) < 4.78 is 0. The Morgan fingerprint density at radius 2 is 0.938 bits per heavy atom. The van der Waals surface area contributed by atoms with Crippen LogP contribution in [0.2, 0.25) is 0 Å². The molecule has 0 amide bonds. The van der Waals surface area contributed by atoms with Gasteiger partial charge in [-0.15, -0.1) is 0 Å². The molecular weight excluding hydrogens is 214 g/mol. The minimum atomic E-state index is -2.36. The van der Waals surface area contributed by atoms with Gasteiger partial charge in [0.2, 0.25) is 0 Å². The van der Waals surface area contributed by atoms with Gasteiger partial charge in [0, 0.05) is 0 Å². The van der Waals surface area contributed by atoms with E-state index in [9.17, 15) is 9.59 Å². The van der Waals surface area contributed by atoms with Crippen molar-refractivity contribution in [3.63, 3.8) is 0 Å². The maximum Gasteiger partial charge on any atom is 1.00 e. The average molecular weight is 226 g/mol. The van der Waals surface area contributed by atoms with Crippen LogP contribution in [0, 0.1) is 0 Å². The smallest absolute Gasteiger partial charge is 1.00 e. The quantitative estimate of drug-likeness (QED) is 0.252. The van der Waals surface area contributed by atoms with E-state index in [0.29, 0.717) is 0 Å². The summed E-state index contributed by atoms with van der Waals surface area (Å²) in [6, 6.07) is 0. The molecule has 0 aliphatic rings. The molecule has 0 aromatic rings. The first-order valence-corrected chi connectivity index (χ1v) is 3.47. The van der Waals surface area contributed by atoms with E-state index in [0.717, 1.165) is 0 Å². The molecular formula is C6H12Li2O8. The standard InChI is InChI=1S/C6H10O8.2Li.2H/c7-1(3(9)5(11)12)2(8)4(10)6(13)14;;;;/h1-4,7-10H,(H,11,12)(H,13,14);;;;/q;2*+1;2*-1. The molecule has 0 fully saturated rings. The first-order chi connectivity index (χ1) is 6.29. The van der Waals surface area contributed by atoms with Crippen LogP contribution in [0.15, 0.2) is 0 Å². The van der Waals surface area contributed by atoms with Gasteiger partial charge in [-0.05, 0) is 0 Å². The van der Waals surface area contributed by atoms with Gasteiger partial charge in [0.1, 0.15) is 12.2 Å². The molecule has 6 N–H and O–H groups in total. The van der Waals surface area contributed by atoms with Gasteiger partial charge in [-0.3, -0.25) is 0 Å². The van der Waals surface area contributed by atoms with E-state index in [2.05, 4.69) is 0 Å². The van der Waals surface area contributed by atoms with Crippen molar-refractivity contribution < 1.29 is 80.8 Å². The van der Waals surface area contributed by atoms with E-state index in [1.54, 1.807) is 0 Å². The second-order valence-corrected chi connectivity index (χ2v) is 2.55. The monoisotopic (exact) mass is 226 g/mol. The largest absolute Gasteiger partial charge is 1.00 e. The normalized spacial score (nSPS) is 17.0. The molecule has 0 aliphatic carbocycles. The zero-order valence-corrected chi connectivity index (χ0v) is 8.81. The molecule has 86 valence electrons. The summed E-state index contributed by atoms with van der Waals surface area (Å²) in [5.41, 5.74) is 0. The third-order valence-electron chi connectivity index (χ3n) is 1.50. The Balaban J connectivity index is -0.000000141. The number of carbonyl (C=O) groups is 2. The summed E-state index contributed by atoms with van der Waals surface area (Å²) in [5.74, 6) is -3.68. The first-order valence-electron chi connectivity index (χ1n) is 3.47. The summed E-state index contributed by atoms with van der Waals surface area (Å²) in [6.45, 7) is 0. The molecule has 0 saturated heterocycles. The molecule has 0 bridgehead atoms. The van der Waals surface area contributed by atoms with Crippen molar-refractivity contribution in [2.45, 2.75) is 24.4 Å². The van der Waals surface area contributed by atoms with Crippen LogP contribution in [0.1, 0.15) is 2.85 Å². The number of carboxylic acids is 2. The second kappa shape index (κ2) is 9.05. The van der Waals surface area contributed by atoms with Crippen molar-refractivity contribution in [3.05, 3.63) is 0 Å². The Hall–Kier alpha value is -0.0252. The zero-order valence-electron chi connectivity index (χ0n) is 10.8. The van der Waals surface area contributed by atoms with E-state index in [-0.39, 0.29) is 40.6 Å². The molecule has 0 spiro atoms. The van der Waals surface area contributed by atoms with Gasteiger partial charge >= 0.3 is 49.7 Å². The molecule has 0 radical (unpaired) electrons. The SMILES string of the molecule is O=C(O)C(O)C(O)C(O)C(O)C(=O)O.[H-].[H-].[Li+].[Li+]. The number of aliphatic hydroxyl groups is 4. The van der Waals surface area contributed by atoms with Crippen LogP contribution in [0.3, 0.4) is 0 Å². The third kappa shape index (κ3) is 5.90. The van der Waals surface area contributed by atoms with Gasteiger partial charge in [0.15, 0.2) is 12.2 Å². The van der Waals surface area contributed by atoms with E-state index < -0.39 is 36.4 Å². The van der Waals surface area contributed by atoms with Crippen molar-refractivity contribution in [2.24, 2.45) is 0 Å². The van der Waals surface area contributed by atoms with Crippen LogP contribution < -0.4 is 37.7 Å². The molecule has 0 aromatic carbocycles. The molecule has 0 saturated carbocycles. The van der Waals surface area contributed by atoms with Crippen LogP contribution >= 0.6 is 0 Å². The molecule has 8 nitrogen and oxygen atoms in total. The maximum absolute atomic E-state index is 10.1. The summed E-state index contributed by atoms with van der Waals surface area (Å²) in [5, 5.41) is 51.5. The van der Waals surface area contributed by atoms with Gasteiger partial charge in [-0.25, -0.2) is 9.59 Å². The van der Waals surface area contributed by atoms with Gasteiger partial charge in [0.25, 0.3) is 0 Å². The molecule has 0 heterocycles. The molecule has 10 heteroatoms. The van der Waals surface area contributed by atoms with Gasteiger partial charge < -0.3 is 33.5 Å². The predicted molar refractivity (Wildman–Crippen MR) is 41.5 cm³/mol. The fourth-order valence-corrected chi connectivity index (χ4v) is 0.666. The first kappa shape index (κ1) is 21.3. The fourth-order valence-electron chi connectivity index (χ4n) is 0.666. The molecule has 4 unspecified atom stereocenters. The van der Waals surface area contributed by atoms with Crippen molar-refractivity contribution in [1.29, 1.82) is 0 Å². The Labute approximate surface area is 117 Å². The summed E-state index contributed by atoms with van der Waals surface area (Å²) in [6.07, 6.45) is -9.28. The third-order valence-corrected chi connectivity index (χ3v) is 1.50. The minimum absolute atomic E-state index is 0. The van der Waals surface area contributed by atoms with Crippen LogP contribution in [-0.4, -0.2) is 67.0 Å². The fraction of sp³-hybridized carbons (Fsp3) is 0.667. The van der Waals surface area contributed by atoms with E-state index in [1.165, 1.54) is 0 Å². The van der Waals surface area contributed by atoms with E-state index in [4.69, 9.17) is 30.6 Å². The number of carboxylic acid groups (broad SMARTS) is 2. The molecule has 0 aromatic heterocycles. The Kier molecular flexibility index (Phi) is 12.0. The molecule has 4 atom stereocenters. The predicted octanol–water partition coefficient (Wildman–Crippen LogP) is -9.17. The Bertz CT molecular complexity index is 220. The van der Waals surface area contributed by atoms with Gasteiger partial charge in [-0.1, -0.05) is 0 Å². The molecule has 0 rings (SSSR count). The number of hydrogen-bond donors (Lipinski definition) is 6.